The van der Waals surface area contributed by atoms with E-state index in [0.717, 1.165) is 24.9 Å². The lowest BCUT2D eigenvalue weighted by molar-refractivity contribution is -0.136. The molecule has 0 aliphatic carbocycles. The normalized spacial score (nSPS) is 21.9. The van der Waals surface area contributed by atoms with Gasteiger partial charge in [0.25, 0.3) is 0 Å². The van der Waals surface area contributed by atoms with Crippen molar-refractivity contribution in [3.8, 4) is 0 Å². The van der Waals surface area contributed by atoms with Crippen LogP contribution in [0.4, 0.5) is 10.5 Å². The van der Waals surface area contributed by atoms with Gasteiger partial charge in [0.15, 0.2) is 0 Å². The first-order chi connectivity index (χ1) is 9.95. The number of anilines is 1. The van der Waals surface area contributed by atoms with Gasteiger partial charge in [-0.25, -0.2) is 4.79 Å². The topological polar surface area (TPSA) is 69.6 Å². The van der Waals surface area contributed by atoms with Crippen LogP contribution in [0, 0.1) is 5.92 Å². The third kappa shape index (κ3) is 4.21. The highest BCUT2D eigenvalue weighted by atomic mass is 16.4. The molecular weight excluding hydrogens is 268 g/mol. The fourth-order valence-electron chi connectivity index (χ4n) is 2.78. The minimum absolute atomic E-state index is 0.00469. The van der Waals surface area contributed by atoms with Gasteiger partial charge < -0.3 is 15.3 Å². The summed E-state index contributed by atoms with van der Waals surface area (Å²) in [5.74, 6) is -0.192. The molecule has 0 spiro atoms. The highest BCUT2D eigenvalue weighted by Gasteiger charge is 2.26. The van der Waals surface area contributed by atoms with E-state index in [2.05, 4.69) is 19.2 Å². The average Bonchev–Trinajstić information content (AvgIpc) is 2.40. The lowest BCUT2D eigenvalue weighted by Gasteiger charge is -2.36. The summed E-state index contributed by atoms with van der Waals surface area (Å²) in [6, 6.07) is 7.11. The molecule has 114 valence electrons. The number of benzene rings is 1. The van der Waals surface area contributed by atoms with Crippen molar-refractivity contribution < 1.29 is 14.7 Å². The van der Waals surface area contributed by atoms with E-state index < -0.39 is 5.97 Å². The number of nitrogens with one attached hydrogen (secondary N) is 1. The minimum atomic E-state index is -0.858. The van der Waals surface area contributed by atoms with Crippen LogP contribution in [-0.2, 0) is 11.2 Å². The van der Waals surface area contributed by atoms with Gasteiger partial charge in [0.2, 0.25) is 0 Å². The van der Waals surface area contributed by atoms with Crippen LogP contribution in [0.3, 0.4) is 0 Å². The Morgan fingerprint density at radius 3 is 2.52 bits per heavy atom. The number of amides is 2. The monoisotopic (exact) mass is 290 g/mol. The number of nitrogens with zero attached hydrogens (tertiary/aromatic N) is 1. The number of carbonyl (C=O) groups is 2. The molecule has 2 rings (SSSR count). The molecule has 1 fully saturated rings. The molecule has 5 heteroatoms. The molecule has 2 amide bonds. The third-order valence-electron chi connectivity index (χ3n) is 3.96. The first kappa shape index (κ1) is 15.4. The number of aliphatic carboxylic acids is 1. The molecular formula is C16H22N2O3. The largest absolute Gasteiger partial charge is 0.481 e. The third-order valence-corrected chi connectivity index (χ3v) is 3.96. The van der Waals surface area contributed by atoms with Gasteiger partial charge in [0.05, 0.1) is 6.42 Å². The van der Waals surface area contributed by atoms with Crippen molar-refractivity contribution in [3.63, 3.8) is 0 Å². The van der Waals surface area contributed by atoms with Crippen LogP contribution in [0.25, 0.3) is 0 Å². The number of piperidine rings is 1. The van der Waals surface area contributed by atoms with Crippen molar-refractivity contribution in [2.24, 2.45) is 5.92 Å². The number of hydrogen-bond donors (Lipinski definition) is 2. The van der Waals surface area contributed by atoms with E-state index in [1.807, 2.05) is 4.90 Å². The van der Waals surface area contributed by atoms with Gasteiger partial charge in [-0.2, -0.15) is 0 Å². The molecule has 0 saturated carbocycles. The van der Waals surface area contributed by atoms with E-state index in [0.29, 0.717) is 11.6 Å². The van der Waals surface area contributed by atoms with Gasteiger partial charge >= 0.3 is 12.0 Å². The summed E-state index contributed by atoms with van der Waals surface area (Å²) in [7, 11) is 0. The van der Waals surface area contributed by atoms with Crippen molar-refractivity contribution >= 4 is 17.7 Å². The summed E-state index contributed by atoms with van der Waals surface area (Å²) in [5, 5.41) is 11.6. The second kappa shape index (κ2) is 6.61. The molecule has 5 nitrogen and oxygen atoms in total. The number of carbonyl (C=O) groups excluding carboxylic acids is 1. The second-order valence-electron chi connectivity index (χ2n) is 5.87. The van der Waals surface area contributed by atoms with Crippen LogP contribution in [-0.4, -0.2) is 34.6 Å². The van der Waals surface area contributed by atoms with Crippen molar-refractivity contribution in [1.29, 1.82) is 0 Å². The number of carboxylic acid groups (broad SMARTS) is 1. The Morgan fingerprint density at radius 2 is 1.95 bits per heavy atom. The maximum Gasteiger partial charge on any atom is 0.322 e. The SMILES string of the molecule is CC1CCN(C(=O)Nc2ccc(CC(=O)O)cc2)C(C)C1. The smallest absolute Gasteiger partial charge is 0.322 e. The van der Waals surface area contributed by atoms with Crippen LogP contribution >= 0.6 is 0 Å². The lowest BCUT2D eigenvalue weighted by Crippen LogP contribution is -2.46. The highest BCUT2D eigenvalue weighted by molar-refractivity contribution is 5.89. The molecule has 1 aliphatic heterocycles. The molecule has 2 N–H and O–H groups in total. The van der Waals surface area contributed by atoms with Crippen LogP contribution in [0.5, 0.6) is 0 Å². The zero-order valence-electron chi connectivity index (χ0n) is 12.5. The fraction of sp³-hybridized carbons (Fsp3) is 0.500. The Bertz CT molecular complexity index is 513. The first-order valence-electron chi connectivity index (χ1n) is 7.34. The molecule has 1 aliphatic rings. The fourth-order valence-corrected chi connectivity index (χ4v) is 2.78. The van der Waals surface area contributed by atoms with Crippen molar-refractivity contribution in [3.05, 3.63) is 29.8 Å². The maximum atomic E-state index is 12.3. The molecule has 21 heavy (non-hydrogen) atoms. The Hall–Kier alpha value is -2.04. The average molecular weight is 290 g/mol. The molecule has 1 saturated heterocycles. The Balaban J connectivity index is 1.94. The van der Waals surface area contributed by atoms with Crippen LogP contribution in [0.1, 0.15) is 32.3 Å². The molecule has 1 aromatic rings. The molecule has 0 bridgehead atoms. The van der Waals surface area contributed by atoms with Crippen LogP contribution in [0.15, 0.2) is 24.3 Å². The van der Waals surface area contributed by atoms with E-state index in [4.69, 9.17) is 5.11 Å². The summed E-state index contributed by atoms with van der Waals surface area (Å²) >= 11 is 0. The van der Waals surface area contributed by atoms with Gasteiger partial charge in [0.1, 0.15) is 0 Å². The molecule has 0 aromatic heterocycles. The standard InChI is InChI=1S/C16H22N2O3/c1-11-7-8-18(12(2)9-11)16(21)17-14-5-3-13(4-6-14)10-15(19)20/h3-6,11-12H,7-10H2,1-2H3,(H,17,21)(H,19,20). The first-order valence-corrected chi connectivity index (χ1v) is 7.34. The van der Waals surface area contributed by atoms with Gasteiger partial charge in [-0.3, -0.25) is 4.79 Å². The van der Waals surface area contributed by atoms with E-state index in [1.54, 1.807) is 24.3 Å². The summed E-state index contributed by atoms with van der Waals surface area (Å²) < 4.78 is 0. The highest BCUT2D eigenvalue weighted by Crippen LogP contribution is 2.23. The molecule has 1 aromatic carbocycles. The summed E-state index contributed by atoms with van der Waals surface area (Å²) in [4.78, 5) is 24.8. The van der Waals surface area contributed by atoms with Crippen molar-refractivity contribution in [1.82, 2.24) is 4.90 Å². The van der Waals surface area contributed by atoms with E-state index in [1.165, 1.54) is 0 Å². The lowest BCUT2D eigenvalue weighted by atomic mass is 9.94. The molecule has 2 atom stereocenters. The number of carboxylic acids is 1. The Labute approximate surface area is 125 Å². The molecule has 2 unspecified atom stereocenters. The van der Waals surface area contributed by atoms with E-state index in [9.17, 15) is 9.59 Å². The van der Waals surface area contributed by atoms with Gasteiger partial charge in [-0.1, -0.05) is 19.1 Å². The van der Waals surface area contributed by atoms with Crippen LogP contribution < -0.4 is 5.32 Å². The Morgan fingerprint density at radius 1 is 1.29 bits per heavy atom. The van der Waals surface area contributed by atoms with Gasteiger partial charge in [-0.15, -0.1) is 0 Å². The summed E-state index contributed by atoms with van der Waals surface area (Å²) in [6.07, 6.45) is 2.07. The number of hydrogen-bond acceptors (Lipinski definition) is 2. The van der Waals surface area contributed by atoms with Gasteiger partial charge in [-0.05, 0) is 43.4 Å². The Kier molecular flexibility index (Phi) is 4.83. The van der Waals surface area contributed by atoms with E-state index >= 15 is 0 Å². The van der Waals surface area contributed by atoms with Crippen LogP contribution in [0.2, 0.25) is 0 Å². The predicted molar refractivity (Wildman–Crippen MR) is 81.4 cm³/mol. The zero-order chi connectivity index (χ0) is 15.4. The number of urea groups is 1. The quantitative estimate of drug-likeness (QED) is 0.899. The summed E-state index contributed by atoms with van der Waals surface area (Å²) in [6.45, 7) is 5.07. The predicted octanol–water partition coefficient (Wildman–Crippen LogP) is 2.97. The molecule has 1 heterocycles. The maximum absolute atomic E-state index is 12.3. The minimum Gasteiger partial charge on any atom is -0.481 e. The number of likely N-dealkylation sites (tertiary alicyclic amines) is 1. The number of rotatable bonds is 3. The second-order valence-corrected chi connectivity index (χ2v) is 5.87. The van der Waals surface area contributed by atoms with Crippen molar-refractivity contribution in [2.75, 3.05) is 11.9 Å². The van der Waals surface area contributed by atoms with Crippen molar-refractivity contribution in [2.45, 2.75) is 39.2 Å². The summed E-state index contributed by atoms with van der Waals surface area (Å²) in [5.41, 5.74) is 1.42. The van der Waals surface area contributed by atoms with E-state index in [-0.39, 0.29) is 18.5 Å². The molecule has 0 radical (unpaired) electrons. The van der Waals surface area contributed by atoms with Gasteiger partial charge in [0, 0.05) is 18.3 Å². The zero-order valence-corrected chi connectivity index (χ0v) is 12.5.